The third kappa shape index (κ3) is 2.71. The van der Waals surface area contributed by atoms with Crippen LogP contribution in [0, 0.1) is 5.92 Å². The molecule has 2 fully saturated rings. The lowest BCUT2D eigenvalue weighted by molar-refractivity contribution is -0.0887. The summed E-state index contributed by atoms with van der Waals surface area (Å²) in [6.45, 7) is 1.18. The molecule has 2 unspecified atom stereocenters. The molecule has 0 bridgehead atoms. The normalized spacial score (nSPS) is 26.9. The molecule has 126 valence electrons. The molecule has 1 aromatic heterocycles. The van der Waals surface area contributed by atoms with Gasteiger partial charge in [0.2, 0.25) is 5.82 Å². The lowest BCUT2D eigenvalue weighted by Crippen LogP contribution is -2.54. The van der Waals surface area contributed by atoms with E-state index in [1.165, 1.54) is 0 Å². The number of carbonyl (C=O) groups is 1. The summed E-state index contributed by atoms with van der Waals surface area (Å²) in [5, 5.41) is 15.1. The number of nitrogens with zero attached hydrogens (tertiary/aromatic N) is 4. The van der Waals surface area contributed by atoms with Crippen LogP contribution in [0.4, 0.5) is 0 Å². The summed E-state index contributed by atoms with van der Waals surface area (Å²) in [5.74, 6) is 0.262. The van der Waals surface area contributed by atoms with Crippen LogP contribution < -0.4 is 0 Å². The first-order valence-corrected chi connectivity index (χ1v) is 8.64. The zero-order valence-corrected chi connectivity index (χ0v) is 13.6. The monoisotopic (exact) mass is 326 g/mol. The number of benzene rings is 1. The van der Waals surface area contributed by atoms with E-state index >= 15 is 0 Å². The van der Waals surface area contributed by atoms with Crippen LogP contribution in [0.15, 0.2) is 36.7 Å². The number of hydrogen-bond donors (Lipinski definition) is 1. The maximum Gasteiger partial charge on any atom is 0.293 e. The summed E-state index contributed by atoms with van der Waals surface area (Å²) < 4.78 is 1.62. The molecular weight excluding hydrogens is 304 g/mol. The third-order valence-electron chi connectivity index (χ3n) is 5.42. The van der Waals surface area contributed by atoms with Gasteiger partial charge in [-0.05, 0) is 31.4 Å². The van der Waals surface area contributed by atoms with E-state index < -0.39 is 5.60 Å². The average Bonchev–Trinajstić information content (AvgIpc) is 3.11. The molecule has 1 saturated carbocycles. The number of hydrogen-bond acceptors (Lipinski definition) is 4. The molecule has 1 N–H and O–H groups in total. The number of fused-ring (bicyclic) bond motifs is 1. The van der Waals surface area contributed by atoms with Crippen molar-refractivity contribution in [3.63, 3.8) is 0 Å². The molecule has 0 spiro atoms. The molecule has 0 radical (unpaired) electrons. The Labute approximate surface area is 141 Å². The van der Waals surface area contributed by atoms with E-state index in [2.05, 4.69) is 10.1 Å². The minimum Gasteiger partial charge on any atom is -0.389 e. The number of para-hydroxylation sites is 1. The molecule has 2 atom stereocenters. The van der Waals surface area contributed by atoms with Crippen LogP contribution in [0.1, 0.15) is 42.7 Å². The van der Waals surface area contributed by atoms with Crippen molar-refractivity contribution in [3.8, 4) is 5.69 Å². The van der Waals surface area contributed by atoms with Gasteiger partial charge in [-0.2, -0.15) is 0 Å². The second kappa shape index (κ2) is 6.02. The molecule has 1 aliphatic heterocycles. The number of piperidine rings is 1. The Kier molecular flexibility index (Phi) is 3.84. The lowest BCUT2D eigenvalue weighted by atomic mass is 9.71. The van der Waals surface area contributed by atoms with Gasteiger partial charge in [0.25, 0.3) is 5.91 Å². The number of aromatic nitrogens is 3. The molecule has 1 aromatic carbocycles. The fourth-order valence-corrected chi connectivity index (χ4v) is 3.96. The predicted octanol–water partition coefficient (Wildman–Crippen LogP) is 2.03. The average molecular weight is 326 g/mol. The maximum absolute atomic E-state index is 12.7. The summed E-state index contributed by atoms with van der Waals surface area (Å²) >= 11 is 0. The highest BCUT2D eigenvalue weighted by atomic mass is 16.3. The molecule has 24 heavy (non-hydrogen) atoms. The summed E-state index contributed by atoms with van der Waals surface area (Å²) in [6.07, 6.45) is 6.30. The van der Waals surface area contributed by atoms with Crippen LogP contribution in [0.3, 0.4) is 0 Å². The molecular formula is C18H22N4O2. The molecule has 2 aromatic rings. The van der Waals surface area contributed by atoms with E-state index in [0.29, 0.717) is 19.5 Å². The summed E-state index contributed by atoms with van der Waals surface area (Å²) in [7, 11) is 0. The van der Waals surface area contributed by atoms with E-state index in [0.717, 1.165) is 31.4 Å². The van der Waals surface area contributed by atoms with Crippen LogP contribution in [-0.4, -0.2) is 49.4 Å². The van der Waals surface area contributed by atoms with Gasteiger partial charge in [0.15, 0.2) is 0 Å². The highest BCUT2D eigenvalue weighted by Crippen LogP contribution is 2.39. The molecule has 4 rings (SSSR count). The van der Waals surface area contributed by atoms with Crippen molar-refractivity contribution in [1.29, 1.82) is 0 Å². The molecule has 1 saturated heterocycles. The van der Waals surface area contributed by atoms with Gasteiger partial charge in [-0.1, -0.05) is 31.0 Å². The lowest BCUT2D eigenvalue weighted by Gasteiger charge is -2.47. The van der Waals surface area contributed by atoms with Gasteiger partial charge in [-0.25, -0.2) is 9.67 Å². The highest BCUT2D eigenvalue weighted by molar-refractivity contribution is 5.90. The minimum absolute atomic E-state index is 0.141. The molecule has 1 aliphatic carbocycles. The smallest absolute Gasteiger partial charge is 0.293 e. The minimum atomic E-state index is -0.578. The molecule has 2 aliphatic rings. The van der Waals surface area contributed by atoms with Gasteiger partial charge < -0.3 is 10.0 Å². The van der Waals surface area contributed by atoms with Crippen molar-refractivity contribution < 1.29 is 9.90 Å². The Morgan fingerprint density at radius 3 is 2.88 bits per heavy atom. The first-order chi connectivity index (χ1) is 11.7. The van der Waals surface area contributed by atoms with Crippen molar-refractivity contribution in [2.24, 2.45) is 5.92 Å². The Morgan fingerprint density at radius 2 is 2.04 bits per heavy atom. The van der Waals surface area contributed by atoms with E-state index in [4.69, 9.17) is 0 Å². The van der Waals surface area contributed by atoms with Crippen LogP contribution in [0.2, 0.25) is 0 Å². The molecule has 1 amide bonds. The van der Waals surface area contributed by atoms with E-state index in [-0.39, 0.29) is 17.6 Å². The number of carbonyl (C=O) groups excluding carboxylic acids is 1. The van der Waals surface area contributed by atoms with E-state index in [1.54, 1.807) is 15.9 Å². The van der Waals surface area contributed by atoms with Crippen molar-refractivity contribution in [1.82, 2.24) is 19.7 Å². The largest absolute Gasteiger partial charge is 0.389 e. The van der Waals surface area contributed by atoms with E-state index in [1.807, 2.05) is 30.3 Å². The Balaban J connectivity index is 1.49. The zero-order chi connectivity index (χ0) is 16.6. The van der Waals surface area contributed by atoms with Gasteiger partial charge in [-0.15, -0.1) is 5.10 Å². The predicted molar refractivity (Wildman–Crippen MR) is 88.8 cm³/mol. The second-order valence-electron chi connectivity index (χ2n) is 6.90. The number of likely N-dealkylation sites (tertiary alicyclic amines) is 1. The van der Waals surface area contributed by atoms with Crippen LogP contribution in [0.25, 0.3) is 5.69 Å². The number of amides is 1. The fraction of sp³-hybridized carbons (Fsp3) is 0.500. The van der Waals surface area contributed by atoms with Crippen LogP contribution in [0.5, 0.6) is 0 Å². The molecule has 6 nitrogen and oxygen atoms in total. The van der Waals surface area contributed by atoms with Gasteiger partial charge in [0.05, 0.1) is 11.3 Å². The maximum atomic E-state index is 12.7. The summed E-state index contributed by atoms with van der Waals surface area (Å²) in [6, 6.07) is 9.63. The van der Waals surface area contributed by atoms with Gasteiger partial charge in [0.1, 0.15) is 6.33 Å². The topological polar surface area (TPSA) is 71.2 Å². The fourth-order valence-electron chi connectivity index (χ4n) is 3.96. The number of aliphatic hydroxyl groups is 1. The Morgan fingerprint density at radius 1 is 1.21 bits per heavy atom. The van der Waals surface area contributed by atoms with E-state index in [9.17, 15) is 9.90 Å². The van der Waals surface area contributed by atoms with Gasteiger partial charge in [0, 0.05) is 19.0 Å². The van der Waals surface area contributed by atoms with Crippen molar-refractivity contribution in [3.05, 3.63) is 42.5 Å². The third-order valence-corrected chi connectivity index (χ3v) is 5.42. The molecule has 6 heteroatoms. The Bertz CT molecular complexity index is 730. The molecule has 2 heterocycles. The standard InChI is InChI=1S/C18H22N4O2/c23-17(16-19-13-22(20-16)15-7-2-1-3-8-15)21-11-10-18(24)9-5-4-6-14(18)12-21/h1-3,7-8,13-14,24H,4-6,9-12H2. The number of rotatable bonds is 2. The van der Waals surface area contributed by atoms with Crippen molar-refractivity contribution in [2.75, 3.05) is 13.1 Å². The second-order valence-corrected chi connectivity index (χ2v) is 6.90. The summed E-state index contributed by atoms with van der Waals surface area (Å²) in [4.78, 5) is 18.7. The zero-order valence-electron chi connectivity index (χ0n) is 13.6. The van der Waals surface area contributed by atoms with Crippen LogP contribution >= 0.6 is 0 Å². The summed E-state index contributed by atoms with van der Waals surface area (Å²) in [5.41, 5.74) is 0.302. The SMILES string of the molecule is O=C(c1ncn(-c2ccccc2)n1)N1CCC2(O)CCCCC2C1. The van der Waals surface area contributed by atoms with Crippen molar-refractivity contribution >= 4 is 5.91 Å². The van der Waals surface area contributed by atoms with Crippen LogP contribution in [-0.2, 0) is 0 Å². The van der Waals surface area contributed by atoms with Crippen molar-refractivity contribution in [2.45, 2.75) is 37.7 Å². The van der Waals surface area contributed by atoms with Gasteiger partial charge in [-0.3, -0.25) is 4.79 Å². The first kappa shape index (κ1) is 15.3. The highest BCUT2D eigenvalue weighted by Gasteiger charge is 2.44. The first-order valence-electron chi connectivity index (χ1n) is 8.64. The quantitative estimate of drug-likeness (QED) is 0.917. The van der Waals surface area contributed by atoms with Gasteiger partial charge >= 0.3 is 0 Å². The Hall–Kier alpha value is -2.21.